The number of nitrogens with one attached hydrogen (secondary N) is 1. The van der Waals surface area contributed by atoms with E-state index in [1.165, 1.54) is 0 Å². The summed E-state index contributed by atoms with van der Waals surface area (Å²) in [4.78, 5) is 0. The third-order valence-corrected chi connectivity index (χ3v) is 3.49. The average Bonchev–Trinajstić information content (AvgIpc) is 2.28. The first-order valence-electron chi connectivity index (χ1n) is 6.17. The fourth-order valence-electron chi connectivity index (χ4n) is 2.35. The lowest BCUT2D eigenvalue weighted by Crippen LogP contribution is -2.41. The Morgan fingerprint density at radius 3 is 2.29 bits per heavy atom. The maximum absolute atomic E-state index is 12.5. The minimum atomic E-state index is -4.04. The first-order valence-corrected chi connectivity index (χ1v) is 6.17. The summed E-state index contributed by atoms with van der Waals surface area (Å²) in [7, 11) is 0. The molecule has 5 heteroatoms. The van der Waals surface area contributed by atoms with Gasteiger partial charge in [0.15, 0.2) is 0 Å². The lowest BCUT2D eigenvalue weighted by molar-refractivity contribution is -0.182. The number of nitrogens with zero attached hydrogens (tertiary/aromatic N) is 1. The molecule has 0 aliphatic heterocycles. The molecule has 0 heterocycles. The lowest BCUT2D eigenvalue weighted by atomic mass is 9.85. The van der Waals surface area contributed by atoms with E-state index in [2.05, 4.69) is 11.4 Å². The third kappa shape index (κ3) is 4.55. The van der Waals surface area contributed by atoms with Crippen LogP contribution in [0.3, 0.4) is 0 Å². The standard InChI is InChI=1S/C12H19F3N2/c1-2-10(7-8-16)17-11-5-3-9(4-6-11)12(13,14)15/h9-11,17H,2-7H2,1H3. The second kappa shape index (κ2) is 6.25. The van der Waals surface area contributed by atoms with Crippen molar-refractivity contribution in [3.63, 3.8) is 0 Å². The van der Waals surface area contributed by atoms with Gasteiger partial charge in [-0.1, -0.05) is 6.92 Å². The number of rotatable bonds is 4. The molecular formula is C12H19F3N2. The van der Waals surface area contributed by atoms with Crippen molar-refractivity contribution in [1.82, 2.24) is 5.32 Å². The summed E-state index contributed by atoms with van der Waals surface area (Å²) in [6, 6.07) is 2.36. The second-order valence-corrected chi connectivity index (χ2v) is 4.72. The molecule has 1 N–H and O–H groups in total. The minimum absolute atomic E-state index is 0.118. The van der Waals surface area contributed by atoms with E-state index < -0.39 is 12.1 Å². The van der Waals surface area contributed by atoms with Crippen LogP contribution in [-0.2, 0) is 0 Å². The number of nitriles is 1. The molecule has 1 rings (SSSR count). The van der Waals surface area contributed by atoms with E-state index in [1.54, 1.807) is 0 Å². The molecule has 0 aromatic heterocycles. The smallest absolute Gasteiger partial charge is 0.310 e. The van der Waals surface area contributed by atoms with Crippen LogP contribution in [0.15, 0.2) is 0 Å². The van der Waals surface area contributed by atoms with Crippen molar-refractivity contribution in [1.29, 1.82) is 5.26 Å². The molecule has 1 saturated carbocycles. The summed E-state index contributed by atoms with van der Waals surface area (Å²) in [6.07, 6.45) is -1.23. The zero-order valence-corrected chi connectivity index (χ0v) is 10.1. The highest BCUT2D eigenvalue weighted by atomic mass is 19.4. The van der Waals surface area contributed by atoms with Gasteiger partial charge in [0, 0.05) is 12.1 Å². The van der Waals surface area contributed by atoms with Crippen LogP contribution in [0.4, 0.5) is 13.2 Å². The number of hydrogen-bond acceptors (Lipinski definition) is 2. The van der Waals surface area contributed by atoms with Gasteiger partial charge in [0.25, 0.3) is 0 Å². The van der Waals surface area contributed by atoms with Crippen molar-refractivity contribution in [2.45, 2.75) is 63.7 Å². The maximum Gasteiger partial charge on any atom is 0.391 e. The maximum atomic E-state index is 12.5. The van der Waals surface area contributed by atoms with E-state index >= 15 is 0 Å². The zero-order chi connectivity index (χ0) is 12.9. The summed E-state index contributed by atoms with van der Waals surface area (Å²) in [5.41, 5.74) is 0. The fourth-order valence-corrected chi connectivity index (χ4v) is 2.35. The molecule has 1 fully saturated rings. The average molecular weight is 248 g/mol. The highest BCUT2D eigenvalue weighted by Gasteiger charge is 2.41. The Morgan fingerprint density at radius 2 is 1.88 bits per heavy atom. The van der Waals surface area contributed by atoms with E-state index in [0.717, 1.165) is 6.42 Å². The van der Waals surface area contributed by atoms with E-state index in [-0.39, 0.29) is 24.9 Å². The van der Waals surface area contributed by atoms with Crippen LogP contribution < -0.4 is 5.32 Å². The number of halogens is 3. The first kappa shape index (κ1) is 14.3. The Kier molecular flexibility index (Phi) is 5.26. The van der Waals surface area contributed by atoms with Crippen molar-refractivity contribution in [2.75, 3.05) is 0 Å². The van der Waals surface area contributed by atoms with Crippen LogP contribution in [0, 0.1) is 17.2 Å². The van der Waals surface area contributed by atoms with Gasteiger partial charge in [-0.25, -0.2) is 0 Å². The van der Waals surface area contributed by atoms with Crippen LogP contribution in [0.25, 0.3) is 0 Å². The predicted molar refractivity (Wildman–Crippen MR) is 59.2 cm³/mol. The van der Waals surface area contributed by atoms with Crippen molar-refractivity contribution in [2.24, 2.45) is 5.92 Å². The molecule has 1 unspecified atom stereocenters. The second-order valence-electron chi connectivity index (χ2n) is 4.72. The molecule has 0 radical (unpaired) electrons. The number of hydrogen-bond donors (Lipinski definition) is 1. The minimum Gasteiger partial charge on any atom is -0.310 e. The van der Waals surface area contributed by atoms with Crippen molar-refractivity contribution >= 4 is 0 Å². The van der Waals surface area contributed by atoms with Gasteiger partial charge in [-0.05, 0) is 32.1 Å². The first-order chi connectivity index (χ1) is 7.97. The van der Waals surface area contributed by atoms with Crippen LogP contribution in [-0.4, -0.2) is 18.3 Å². The highest BCUT2D eigenvalue weighted by molar-refractivity contribution is 4.86. The molecule has 0 bridgehead atoms. The molecule has 1 aliphatic carbocycles. The Labute approximate surface area is 100 Å². The van der Waals surface area contributed by atoms with Crippen LogP contribution >= 0.6 is 0 Å². The van der Waals surface area contributed by atoms with E-state index in [1.807, 2.05) is 6.92 Å². The van der Waals surface area contributed by atoms with Gasteiger partial charge in [0.05, 0.1) is 18.4 Å². The Hall–Kier alpha value is -0.760. The Morgan fingerprint density at radius 1 is 1.29 bits per heavy atom. The summed E-state index contributed by atoms with van der Waals surface area (Å²) >= 11 is 0. The summed E-state index contributed by atoms with van der Waals surface area (Å²) in [5, 5.41) is 11.9. The van der Waals surface area contributed by atoms with Gasteiger partial charge in [-0.3, -0.25) is 0 Å². The quantitative estimate of drug-likeness (QED) is 0.827. The SMILES string of the molecule is CCC(CC#N)NC1CCC(C(F)(F)F)CC1. The molecule has 1 aliphatic rings. The van der Waals surface area contributed by atoms with Crippen molar-refractivity contribution < 1.29 is 13.2 Å². The van der Waals surface area contributed by atoms with E-state index in [9.17, 15) is 13.2 Å². The molecule has 0 aromatic rings. The van der Waals surface area contributed by atoms with Crippen LogP contribution in [0.1, 0.15) is 45.4 Å². The summed E-state index contributed by atoms with van der Waals surface area (Å²) < 4.78 is 37.4. The van der Waals surface area contributed by atoms with Crippen molar-refractivity contribution in [3.8, 4) is 6.07 Å². The monoisotopic (exact) mass is 248 g/mol. The molecular weight excluding hydrogens is 229 g/mol. The fraction of sp³-hybridized carbons (Fsp3) is 0.917. The van der Waals surface area contributed by atoms with Gasteiger partial charge < -0.3 is 5.32 Å². The molecule has 0 spiro atoms. The molecule has 0 amide bonds. The highest BCUT2D eigenvalue weighted by Crippen LogP contribution is 2.37. The lowest BCUT2D eigenvalue weighted by Gasteiger charge is -2.32. The van der Waals surface area contributed by atoms with E-state index in [4.69, 9.17) is 5.26 Å². The largest absolute Gasteiger partial charge is 0.391 e. The van der Waals surface area contributed by atoms with E-state index in [0.29, 0.717) is 19.3 Å². The van der Waals surface area contributed by atoms with Gasteiger partial charge in [-0.2, -0.15) is 18.4 Å². The molecule has 0 aromatic carbocycles. The predicted octanol–water partition coefficient (Wildman–Crippen LogP) is 3.39. The molecule has 98 valence electrons. The molecule has 1 atom stereocenters. The summed E-state index contributed by atoms with van der Waals surface area (Å²) in [5.74, 6) is -1.13. The van der Waals surface area contributed by atoms with Gasteiger partial charge in [-0.15, -0.1) is 0 Å². The van der Waals surface area contributed by atoms with Gasteiger partial charge >= 0.3 is 6.18 Å². The van der Waals surface area contributed by atoms with Crippen LogP contribution in [0.5, 0.6) is 0 Å². The normalized spacial score (nSPS) is 27.5. The summed E-state index contributed by atoms with van der Waals surface area (Å²) in [6.45, 7) is 1.98. The zero-order valence-electron chi connectivity index (χ0n) is 10.1. The van der Waals surface area contributed by atoms with Crippen molar-refractivity contribution in [3.05, 3.63) is 0 Å². The molecule has 17 heavy (non-hydrogen) atoms. The molecule has 2 nitrogen and oxygen atoms in total. The molecule has 0 saturated heterocycles. The third-order valence-electron chi connectivity index (χ3n) is 3.49. The van der Waals surface area contributed by atoms with Crippen LogP contribution in [0.2, 0.25) is 0 Å². The number of alkyl halides is 3. The van der Waals surface area contributed by atoms with Gasteiger partial charge in [0.1, 0.15) is 0 Å². The Balaban J connectivity index is 2.35. The topological polar surface area (TPSA) is 35.8 Å². The Bertz CT molecular complexity index is 262. The van der Waals surface area contributed by atoms with Gasteiger partial charge in [0.2, 0.25) is 0 Å².